The molecule has 5 aromatic rings. The number of methoxy groups -OCH3 is 1. The van der Waals surface area contributed by atoms with E-state index in [1.54, 1.807) is 29.8 Å². The van der Waals surface area contributed by atoms with Crippen LogP contribution in [0, 0.1) is 18.6 Å². The van der Waals surface area contributed by atoms with Crippen molar-refractivity contribution in [3.8, 4) is 16.9 Å². The molecule has 0 radical (unpaired) electrons. The van der Waals surface area contributed by atoms with Crippen molar-refractivity contribution >= 4 is 39.6 Å². The first-order chi connectivity index (χ1) is 22.5. The van der Waals surface area contributed by atoms with Gasteiger partial charge in [-0.05, 0) is 62.9 Å². The molecule has 2 aromatic carbocycles. The summed E-state index contributed by atoms with van der Waals surface area (Å²) in [5.41, 5.74) is 5.79. The number of nitrogens with zero attached hydrogens (tertiary/aromatic N) is 4. The Bertz CT molecular complexity index is 2120. The summed E-state index contributed by atoms with van der Waals surface area (Å²) in [6, 6.07) is 9.54. The van der Waals surface area contributed by atoms with Gasteiger partial charge in [0.2, 0.25) is 11.7 Å². The monoisotopic (exact) mass is 638 g/mol. The molecule has 0 saturated heterocycles. The van der Waals surface area contributed by atoms with Gasteiger partial charge in [0.15, 0.2) is 0 Å². The molecule has 2 aliphatic rings. The number of aryl methyl sites for hydroxylation is 2. The van der Waals surface area contributed by atoms with Crippen molar-refractivity contribution in [3.05, 3.63) is 89.0 Å². The standard InChI is InChI=1S/C36H36F2N6O3/c1-20-40-32-26(43(20)4)19-28(47-5)30-23-8-7-14-44-27(18-21(33(23)44)10-15-42(3)34(30)32)35(46)22-16-24(37)31(25(38)17-22)41-29(45)9-6-13-39-36(2)11-12-36/h6-9,14,16-19,39H,10-13,15H2,1-5H3,(H,41,45)/b9-6+. The van der Waals surface area contributed by atoms with Crippen molar-refractivity contribution in [3.63, 3.8) is 0 Å². The van der Waals surface area contributed by atoms with E-state index in [-0.39, 0.29) is 16.8 Å². The van der Waals surface area contributed by atoms with Gasteiger partial charge >= 0.3 is 0 Å². The number of carbonyl (C=O) groups is 2. The molecule has 1 aliphatic heterocycles. The van der Waals surface area contributed by atoms with Gasteiger partial charge in [-0.25, -0.2) is 13.8 Å². The van der Waals surface area contributed by atoms with Gasteiger partial charge in [-0.15, -0.1) is 0 Å². The SMILES string of the molecule is COc1cc2c(nc(C)n2C)c2c1-c1cccn3c(C(=O)c4cc(F)c(NC(=O)/C=C/CNC5(C)CC5)c(F)c4)cc(c13)CCN2C. The summed E-state index contributed by atoms with van der Waals surface area (Å²) in [4.78, 5) is 33.4. The third kappa shape index (κ3) is 5.24. The zero-order chi connectivity index (χ0) is 33.2. The van der Waals surface area contributed by atoms with E-state index >= 15 is 8.78 Å². The molecule has 2 N–H and O–H groups in total. The zero-order valence-corrected chi connectivity index (χ0v) is 27.0. The minimum atomic E-state index is -1.03. The van der Waals surface area contributed by atoms with Crippen LogP contribution in [0.2, 0.25) is 0 Å². The van der Waals surface area contributed by atoms with Crippen LogP contribution in [0.5, 0.6) is 5.75 Å². The number of aromatic nitrogens is 3. The maximum Gasteiger partial charge on any atom is 0.248 e. The zero-order valence-electron chi connectivity index (χ0n) is 27.0. The van der Waals surface area contributed by atoms with E-state index in [1.165, 1.54) is 6.08 Å². The fraction of sp³-hybridized carbons (Fsp3) is 0.306. The predicted molar refractivity (Wildman–Crippen MR) is 179 cm³/mol. The van der Waals surface area contributed by atoms with Gasteiger partial charge in [0.1, 0.15) is 34.4 Å². The third-order valence-electron chi connectivity index (χ3n) is 9.50. The van der Waals surface area contributed by atoms with Gasteiger partial charge in [-0.2, -0.15) is 0 Å². The molecule has 0 bridgehead atoms. The van der Waals surface area contributed by atoms with Gasteiger partial charge in [0.05, 0.1) is 35.1 Å². The number of nitrogens with one attached hydrogen (secondary N) is 2. The number of rotatable bonds is 8. The lowest BCUT2D eigenvalue weighted by Gasteiger charge is -2.27. The Kier molecular flexibility index (Phi) is 7.39. The number of benzene rings is 2. The van der Waals surface area contributed by atoms with Gasteiger partial charge in [-0.1, -0.05) is 12.1 Å². The van der Waals surface area contributed by atoms with E-state index in [9.17, 15) is 9.59 Å². The van der Waals surface area contributed by atoms with Crippen molar-refractivity contribution in [1.82, 2.24) is 19.3 Å². The van der Waals surface area contributed by atoms with Gasteiger partial charge in [0, 0.05) is 62.2 Å². The highest BCUT2D eigenvalue weighted by atomic mass is 19.1. The first-order valence-corrected chi connectivity index (χ1v) is 15.6. The normalized spacial score (nSPS) is 15.2. The number of pyridine rings is 1. The number of imidazole rings is 1. The fourth-order valence-electron chi connectivity index (χ4n) is 6.47. The van der Waals surface area contributed by atoms with Crippen molar-refractivity contribution in [1.29, 1.82) is 0 Å². The largest absolute Gasteiger partial charge is 0.496 e. The number of ketones is 1. The quantitative estimate of drug-likeness (QED) is 0.161. The van der Waals surface area contributed by atoms with Crippen LogP contribution in [0.3, 0.4) is 0 Å². The Morgan fingerprint density at radius 3 is 2.57 bits per heavy atom. The predicted octanol–water partition coefficient (Wildman–Crippen LogP) is 5.95. The molecule has 7 rings (SSSR count). The number of likely N-dealkylation sites (N-methyl/N-ethyl adjacent to an activating group) is 1. The van der Waals surface area contributed by atoms with E-state index in [0.29, 0.717) is 25.3 Å². The lowest BCUT2D eigenvalue weighted by Crippen LogP contribution is -2.27. The van der Waals surface area contributed by atoms with E-state index in [1.807, 2.05) is 43.8 Å². The smallest absolute Gasteiger partial charge is 0.248 e. The minimum absolute atomic E-state index is 0.102. The lowest BCUT2D eigenvalue weighted by molar-refractivity contribution is -0.112. The maximum absolute atomic E-state index is 15.2. The van der Waals surface area contributed by atoms with Crippen LogP contribution in [0.4, 0.5) is 20.2 Å². The Morgan fingerprint density at radius 1 is 1.13 bits per heavy atom. The minimum Gasteiger partial charge on any atom is -0.496 e. The Morgan fingerprint density at radius 2 is 1.87 bits per heavy atom. The van der Waals surface area contributed by atoms with Crippen LogP contribution < -0.4 is 20.3 Å². The average molecular weight is 639 g/mol. The van der Waals surface area contributed by atoms with Crippen molar-refractivity contribution < 1.29 is 23.1 Å². The Hall–Kier alpha value is -5.03. The summed E-state index contributed by atoms with van der Waals surface area (Å²) in [5, 5.41) is 5.57. The Balaban J connectivity index is 1.26. The topological polar surface area (TPSA) is 92.9 Å². The highest BCUT2D eigenvalue weighted by Crippen LogP contribution is 2.47. The highest BCUT2D eigenvalue weighted by Gasteiger charge is 2.36. The van der Waals surface area contributed by atoms with Gasteiger partial charge < -0.3 is 29.2 Å². The third-order valence-corrected chi connectivity index (χ3v) is 9.50. The molecule has 3 aromatic heterocycles. The molecule has 0 spiro atoms. The van der Waals surface area contributed by atoms with Gasteiger partial charge in [-0.3, -0.25) is 9.59 Å². The number of ether oxygens (including phenoxy) is 1. The van der Waals surface area contributed by atoms with Crippen LogP contribution in [-0.2, 0) is 18.3 Å². The maximum atomic E-state index is 15.2. The number of amides is 1. The Labute approximate surface area is 270 Å². The van der Waals surface area contributed by atoms with Crippen LogP contribution >= 0.6 is 0 Å². The van der Waals surface area contributed by atoms with Crippen molar-refractivity contribution in [2.24, 2.45) is 7.05 Å². The number of hydrogen-bond donors (Lipinski definition) is 2. The molecule has 4 heterocycles. The van der Waals surface area contributed by atoms with Crippen LogP contribution in [0.15, 0.2) is 54.7 Å². The van der Waals surface area contributed by atoms with E-state index in [0.717, 1.165) is 69.7 Å². The van der Waals surface area contributed by atoms with Crippen LogP contribution in [0.25, 0.3) is 27.7 Å². The van der Waals surface area contributed by atoms with Crippen LogP contribution in [-0.4, -0.2) is 58.4 Å². The van der Waals surface area contributed by atoms with Crippen molar-refractivity contribution in [2.45, 2.75) is 38.6 Å². The molecule has 242 valence electrons. The number of hydrogen-bond acceptors (Lipinski definition) is 6. The first-order valence-electron chi connectivity index (χ1n) is 15.6. The highest BCUT2D eigenvalue weighted by molar-refractivity contribution is 6.11. The van der Waals surface area contributed by atoms with Gasteiger partial charge in [0.25, 0.3) is 0 Å². The second-order valence-electron chi connectivity index (χ2n) is 12.7. The van der Waals surface area contributed by atoms with Crippen molar-refractivity contribution in [2.75, 3.05) is 37.5 Å². The molecule has 1 amide bonds. The molecular weight excluding hydrogens is 602 g/mol. The average Bonchev–Trinajstić information content (AvgIpc) is 3.56. The molecule has 9 nitrogen and oxygen atoms in total. The second kappa shape index (κ2) is 11.3. The lowest BCUT2D eigenvalue weighted by atomic mass is 9.96. The molecule has 1 saturated carbocycles. The van der Waals surface area contributed by atoms with E-state index in [4.69, 9.17) is 9.72 Å². The summed E-state index contributed by atoms with van der Waals surface area (Å²) in [6.45, 7) is 5.16. The fourth-order valence-corrected chi connectivity index (χ4v) is 6.47. The first kappa shape index (κ1) is 30.6. The summed E-state index contributed by atoms with van der Waals surface area (Å²) in [7, 11) is 5.62. The number of fused-ring (bicyclic) bond motifs is 4. The second-order valence-corrected chi connectivity index (χ2v) is 12.7. The van der Waals surface area contributed by atoms with E-state index in [2.05, 4.69) is 22.5 Å². The summed E-state index contributed by atoms with van der Waals surface area (Å²) >= 11 is 0. The number of carbonyl (C=O) groups excluding carboxylic acids is 2. The summed E-state index contributed by atoms with van der Waals surface area (Å²) < 4.78 is 40.2. The van der Waals surface area contributed by atoms with E-state index < -0.39 is 29.0 Å². The molecule has 47 heavy (non-hydrogen) atoms. The summed E-state index contributed by atoms with van der Waals surface area (Å²) in [5.74, 6) is -1.74. The molecule has 11 heteroatoms. The molecular formula is C36H36F2N6O3. The molecule has 0 atom stereocenters. The molecule has 0 unspecified atom stereocenters. The molecule has 1 fully saturated rings. The number of halogens is 2. The number of anilines is 2. The summed E-state index contributed by atoms with van der Waals surface area (Å²) in [6.07, 6.45) is 7.39. The van der Waals surface area contributed by atoms with Crippen LogP contribution in [0.1, 0.15) is 47.2 Å². The molecule has 1 aliphatic carbocycles.